The van der Waals surface area contributed by atoms with E-state index in [9.17, 15) is 4.79 Å². The molecule has 0 bridgehead atoms. The third-order valence-corrected chi connectivity index (χ3v) is 2.66. The summed E-state index contributed by atoms with van der Waals surface area (Å²) in [6.45, 7) is 1.93. The Bertz CT molecular complexity index is 480. The molecule has 0 saturated carbocycles. The molecule has 0 amide bonds. The Morgan fingerprint density at radius 3 is 2.94 bits per heavy atom. The number of pyridine rings is 1. The Morgan fingerprint density at radius 2 is 2.44 bits per heavy atom. The van der Waals surface area contributed by atoms with E-state index >= 15 is 0 Å². The van der Waals surface area contributed by atoms with Crippen molar-refractivity contribution in [1.29, 1.82) is 5.26 Å². The number of nitrogens with zero attached hydrogens (tertiary/aromatic N) is 2. The van der Waals surface area contributed by atoms with E-state index in [-0.39, 0.29) is 12.2 Å². The van der Waals surface area contributed by atoms with Gasteiger partial charge < -0.3 is 10.1 Å². The quantitative estimate of drug-likeness (QED) is 0.498. The summed E-state index contributed by atoms with van der Waals surface area (Å²) in [4.78, 5) is 15.5. The molecular formula is C12H13N3O2S. The predicted molar refractivity (Wildman–Crippen MR) is 70.6 cm³/mol. The lowest BCUT2D eigenvalue weighted by Gasteiger charge is -2.10. The largest absolute Gasteiger partial charge is 0.462 e. The molecule has 0 radical (unpaired) electrons. The van der Waals surface area contributed by atoms with Crippen LogP contribution in [0, 0.1) is 11.3 Å². The summed E-state index contributed by atoms with van der Waals surface area (Å²) in [7, 11) is 0. The number of nitrogens with one attached hydrogen (secondary N) is 1. The summed E-state index contributed by atoms with van der Waals surface area (Å²) in [6, 6.07) is 5.41. The minimum atomic E-state index is -0.624. The molecule has 0 fully saturated rings. The van der Waals surface area contributed by atoms with E-state index in [1.807, 2.05) is 6.07 Å². The molecule has 0 unspecified atom stereocenters. The van der Waals surface area contributed by atoms with Crippen LogP contribution in [0.4, 0.5) is 5.69 Å². The molecule has 1 rings (SSSR count). The van der Waals surface area contributed by atoms with Gasteiger partial charge in [-0.05, 0) is 25.3 Å². The molecule has 5 nitrogen and oxygen atoms in total. The SMILES string of the molecule is CCOC(=O)/C(C#N)=C(/Nc1cccnc1)SC. The number of rotatable bonds is 5. The van der Waals surface area contributed by atoms with Crippen LogP contribution in [0.15, 0.2) is 35.1 Å². The first-order chi connectivity index (χ1) is 8.72. The maximum absolute atomic E-state index is 11.6. The van der Waals surface area contributed by atoms with Gasteiger partial charge in [-0.2, -0.15) is 5.26 Å². The lowest BCUT2D eigenvalue weighted by atomic mass is 10.3. The number of hydrogen-bond donors (Lipinski definition) is 1. The molecule has 1 aromatic heterocycles. The highest BCUT2D eigenvalue weighted by Crippen LogP contribution is 2.20. The predicted octanol–water partition coefficient (Wildman–Crippen LogP) is 2.15. The molecule has 0 aliphatic rings. The number of carbonyl (C=O) groups is 1. The number of ether oxygens (including phenoxy) is 1. The second-order valence-electron chi connectivity index (χ2n) is 3.11. The minimum absolute atomic E-state index is 0.0341. The molecule has 0 saturated heterocycles. The molecule has 1 N–H and O–H groups in total. The van der Waals surface area contributed by atoms with Crippen LogP contribution in [0.25, 0.3) is 0 Å². The lowest BCUT2D eigenvalue weighted by Crippen LogP contribution is -2.11. The molecular weight excluding hydrogens is 250 g/mol. The van der Waals surface area contributed by atoms with Crippen molar-refractivity contribution in [3.63, 3.8) is 0 Å². The number of carbonyl (C=O) groups excluding carboxylic acids is 1. The normalized spacial score (nSPS) is 11.2. The number of thioether (sulfide) groups is 1. The van der Waals surface area contributed by atoms with E-state index < -0.39 is 5.97 Å². The van der Waals surface area contributed by atoms with Crippen LogP contribution in [-0.2, 0) is 9.53 Å². The number of anilines is 1. The van der Waals surface area contributed by atoms with Crippen molar-refractivity contribution in [2.45, 2.75) is 6.92 Å². The average molecular weight is 263 g/mol. The summed E-state index contributed by atoms with van der Waals surface area (Å²) in [5.41, 5.74) is 0.673. The Morgan fingerprint density at radius 1 is 1.67 bits per heavy atom. The molecule has 0 spiro atoms. The molecule has 0 atom stereocenters. The monoisotopic (exact) mass is 263 g/mol. The fraction of sp³-hybridized carbons (Fsp3) is 0.250. The van der Waals surface area contributed by atoms with E-state index in [0.29, 0.717) is 10.7 Å². The fourth-order valence-corrected chi connectivity index (χ4v) is 1.73. The molecule has 0 aromatic carbocycles. The van der Waals surface area contributed by atoms with E-state index in [1.165, 1.54) is 11.8 Å². The number of esters is 1. The molecule has 1 heterocycles. The smallest absolute Gasteiger partial charge is 0.351 e. The number of hydrogen-bond acceptors (Lipinski definition) is 6. The van der Waals surface area contributed by atoms with Crippen LogP contribution in [0.5, 0.6) is 0 Å². The zero-order valence-electron chi connectivity index (χ0n) is 10.1. The van der Waals surface area contributed by atoms with Gasteiger partial charge in [0.1, 0.15) is 6.07 Å². The van der Waals surface area contributed by atoms with Gasteiger partial charge in [-0.25, -0.2) is 4.79 Å². The second-order valence-corrected chi connectivity index (χ2v) is 3.92. The lowest BCUT2D eigenvalue weighted by molar-refractivity contribution is -0.138. The van der Waals surface area contributed by atoms with Gasteiger partial charge in [0.2, 0.25) is 0 Å². The van der Waals surface area contributed by atoms with Crippen molar-refractivity contribution in [1.82, 2.24) is 4.98 Å². The zero-order chi connectivity index (χ0) is 13.4. The topological polar surface area (TPSA) is 75.0 Å². The van der Waals surface area contributed by atoms with Crippen molar-refractivity contribution >= 4 is 23.4 Å². The average Bonchev–Trinajstić information content (AvgIpc) is 2.40. The van der Waals surface area contributed by atoms with Crippen LogP contribution in [-0.4, -0.2) is 23.8 Å². The number of aromatic nitrogens is 1. The maximum atomic E-state index is 11.6. The Balaban J connectivity index is 2.98. The molecule has 1 aromatic rings. The molecule has 18 heavy (non-hydrogen) atoms. The van der Waals surface area contributed by atoms with Crippen molar-refractivity contribution < 1.29 is 9.53 Å². The van der Waals surface area contributed by atoms with Gasteiger partial charge in [0.15, 0.2) is 5.57 Å². The second kappa shape index (κ2) is 7.35. The Hall–Kier alpha value is -2.00. The highest BCUT2D eigenvalue weighted by atomic mass is 32.2. The van der Waals surface area contributed by atoms with Gasteiger partial charge in [-0.15, -0.1) is 11.8 Å². The van der Waals surface area contributed by atoms with Crippen molar-refractivity contribution in [2.75, 3.05) is 18.2 Å². The van der Waals surface area contributed by atoms with Crippen LogP contribution >= 0.6 is 11.8 Å². The van der Waals surface area contributed by atoms with E-state index in [0.717, 1.165) is 0 Å². The van der Waals surface area contributed by atoms with Crippen molar-refractivity contribution in [2.24, 2.45) is 0 Å². The van der Waals surface area contributed by atoms with Gasteiger partial charge in [0, 0.05) is 6.20 Å². The summed E-state index contributed by atoms with van der Waals surface area (Å²) in [6.07, 6.45) is 5.02. The first kappa shape index (κ1) is 14.1. The first-order valence-electron chi connectivity index (χ1n) is 5.25. The first-order valence-corrected chi connectivity index (χ1v) is 6.48. The van der Waals surface area contributed by atoms with Crippen LogP contribution in [0.1, 0.15) is 6.92 Å². The summed E-state index contributed by atoms with van der Waals surface area (Å²) in [5, 5.41) is 12.4. The Kier molecular flexibility index (Phi) is 5.74. The van der Waals surface area contributed by atoms with E-state index in [1.54, 1.807) is 37.7 Å². The standard InChI is InChI=1S/C12H13N3O2S/c1-3-17-12(16)10(7-13)11(18-2)15-9-5-4-6-14-8-9/h4-6,8,15H,3H2,1-2H3/b11-10-. The molecule has 6 heteroatoms. The van der Waals surface area contributed by atoms with Gasteiger partial charge in [-0.3, -0.25) is 4.98 Å². The maximum Gasteiger partial charge on any atom is 0.351 e. The minimum Gasteiger partial charge on any atom is -0.462 e. The van der Waals surface area contributed by atoms with Gasteiger partial charge in [0.25, 0.3) is 0 Å². The van der Waals surface area contributed by atoms with Crippen molar-refractivity contribution in [3.05, 3.63) is 35.1 Å². The summed E-state index contributed by atoms with van der Waals surface area (Å²) >= 11 is 1.27. The molecule has 0 aliphatic carbocycles. The van der Waals surface area contributed by atoms with Crippen LogP contribution < -0.4 is 5.32 Å². The van der Waals surface area contributed by atoms with E-state index in [4.69, 9.17) is 10.00 Å². The third kappa shape index (κ3) is 3.79. The van der Waals surface area contributed by atoms with Gasteiger partial charge >= 0.3 is 5.97 Å². The van der Waals surface area contributed by atoms with Gasteiger partial charge in [-0.1, -0.05) is 0 Å². The highest BCUT2D eigenvalue weighted by Gasteiger charge is 2.16. The zero-order valence-corrected chi connectivity index (χ0v) is 11.0. The van der Waals surface area contributed by atoms with Gasteiger partial charge in [0.05, 0.1) is 23.5 Å². The fourth-order valence-electron chi connectivity index (χ4n) is 1.18. The molecule has 0 aliphatic heterocycles. The van der Waals surface area contributed by atoms with E-state index in [2.05, 4.69) is 10.3 Å². The summed E-state index contributed by atoms with van der Waals surface area (Å²) in [5.74, 6) is -0.624. The summed E-state index contributed by atoms with van der Waals surface area (Å²) < 4.78 is 4.83. The third-order valence-electron chi connectivity index (χ3n) is 1.94. The van der Waals surface area contributed by atoms with Crippen LogP contribution in [0.3, 0.4) is 0 Å². The van der Waals surface area contributed by atoms with Crippen LogP contribution in [0.2, 0.25) is 0 Å². The highest BCUT2D eigenvalue weighted by molar-refractivity contribution is 8.02. The molecule has 94 valence electrons. The van der Waals surface area contributed by atoms with Crippen molar-refractivity contribution in [3.8, 4) is 6.07 Å². The Labute approximate surface area is 110 Å². The number of nitriles is 1.